The molecule has 0 aromatic carbocycles. The Labute approximate surface area is 111 Å². The molecule has 5 heteroatoms. The second kappa shape index (κ2) is 7.35. The third-order valence-corrected chi connectivity index (χ3v) is 2.44. The molecule has 0 bridgehead atoms. The van der Waals surface area contributed by atoms with Gasteiger partial charge in [-0.15, -0.1) is 0 Å². The highest BCUT2D eigenvalue weighted by Gasteiger charge is 2.17. The van der Waals surface area contributed by atoms with E-state index in [0.29, 0.717) is 18.8 Å². The van der Waals surface area contributed by atoms with E-state index in [1.807, 2.05) is 12.1 Å². The van der Waals surface area contributed by atoms with Crippen molar-refractivity contribution in [2.24, 2.45) is 0 Å². The van der Waals surface area contributed by atoms with Crippen LogP contribution in [0, 0.1) is 0 Å². The molecule has 5 nitrogen and oxygen atoms in total. The molecule has 0 amide bonds. The summed E-state index contributed by atoms with van der Waals surface area (Å²) in [6, 6.07) is 7.12. The Kier molecular flexibility index (Phi) is 5.16. The van der Waals surface area contributed by atoms with Gasteiger partial charge in [-0.3, -0.25) is 14.8 Å². The zero-order valence-electron chi connectivity index (χ0n) is 10.3. The van der Waals surface area contributed by atoms with Gasteiger partial charge < -0.3 is 9.47 Å². The first-order valence-electron chi connectivity index (χ1n) is 5.88. The van der Waals surface area contributed by atoms with Crippen molar-refractivity contribution in [1.29, 1.82) is 0 Å². The number of nitrogens with zero attached hydrogens (tertiary/aromatic N) is 2. The van der Waals surface area contributed by atoms with E-state index in [9.17, 15) is 4.79 Å². The fourth-order valence-electron chi connectivity index (χ4n) is 1.51. The minimum atomic E-state index is -0.169. The summed E-state index contributed by atoms with van der Waals surface area (Å²) < 4.78 is 10.6. The summed E-state index contributed by atoms with van der Waals surface area (Å²) in [5.74, 6) is 0. The third kappa shape index (κ3) is 4.24. The number of ether oxygens (including phenoxy) is 2. The maximum absolute atomic E-state index is 9.98. The van der Waals surface area contributed by atoms with Crippen LogP contribution in [-0.4, -0.2) is 29.5 Å². The molecule has 0 unspecified atom stereocenters. The molecule has 3 rings (SSSR count). The van der Waals surface area contributed by atoms with Gasteiger partial charge in [0.1, 0.15) is 6.29 Å². The lowest BCUT2D eigenvalue weighted by molar-refractivity contribution is -0.0441. The molecule has 1 fully saturated rings. The quantitative estimate of drug-likeness (QED) is 0.771. The van der Waals surface area contributed by atoms with E-state index in [1.54, 1.807) is 36.9 Å². The van der Waals surface area contributed by atoms with Crippen LogP contribution in [-0.2, 0) is 9.47 Å². The minimum absolute atomic E-state index is 0.169. The summed E-state index contributed by atoms with van der Waals surface area (Å²) in [6.07, 6.45) is 7.27. The summed E-state index contributed by atoms with van der Waals surface area (Å²) in [6.45, 7) is 1.37. The maximum Gasteiger partial charge on any atom is 0.184 e. The second-order valence-electron chi connectivity index (χ2n) is 3.75. The van der Waals surface area contributed by atoms with E-state index in [0.717, 1.165) is 11.8 Å². The standard InChI is InChI=1S/C8H9NO2.C6H5NO/c1-3-9-4-2-7(1)8-10-5-6-11-8;8-5-6-1-3-7-4-2-6/h1-4,8H,5-6H2;1-5H. The fraction of sp³-hybridized carbons (Fsp3) is 0.214. The van der Waals surface area contributed by atoms with E-state index < -0.39 is 0 Å². The van der Waals surface area contributed by atoms with Gasteiger partial charge in [0, 0.05) is 35.9 Å². The van der Waals surface area contributed by atoms with Gasteiger partial charge in [0.05, 0.1) is 13.2 Å². The SMILES string of the molecule is O=Cc1ccncc1.c1cc(C2OCCO2)ccn1. The van der Waals surface area contributed by atoms with Gasteiger partial charge in [-0.1, -0.05) is 0 Å². The zero-order chi connectivity index (χ0) is 13.3. The number of carbonyl (C=O) groups is 1. The molecule has 0 aliphatic carbocycles. The molecule has 1 aliphatic rings. The molecule has 0 spiro atoms. The summed E-state index contributed by atoms with van der Waals surface area (Å²) in [5.41, 5.74) is 1.71. The average Bonchev–Trinajstić information content (AvgIpc) is 3.04. The van der Waals surface area contributed by atoms with E-state index in [4.69, 9.17) is 9.47 Å². The normalized spacial score (nSPS) is 14.5. The van der Waals surface area contributed by atoms with Crippen molar-refractivity contribution in [3.05, 3.63) is 60.2 Å². The van der Waals surface area contributed by atoms with Crippen LogP contribution < -0.4 is 0 Å². The first-order valence-corrected chi connectivity index (χ1v) is 5.88. The molecular weight excluding hydrogens is 244 g/mol. The van der Waals surface area contributed by atoms with Crippen LogP contribution in [0.2, 0.25) is 0 Å². The van der Waals surface area contributed by atoms with Crippen molar-refractivity contribution < 1.29 is 14.3 Å². The average molecular weight is 258 g/mol. The molecule has 0 N–H and O–H groups in total. The van der Waals surface area contributed by atoms with Gasteiger partial charge in [-0.2, -0.15) is 0 Å². The van der Waals surface area contributed by atoms with E-state index in [1.165, 1.54) is 0 Å². The smallest absolute Gasteiger partial charge is 0.184 e. The first-order chi connectivity index (χ1) is 9.40. The summed E-state index contributed by atoms with van der Waals surface area (Å²) in [4.78, 5) is 17.6. The molecule has 3 heterocycles. The lowest BCUT2D eigenvalue weighted by Crippen LogP contribution is -1.96. The monoisotopic (exact) mass is 258 g/mol. The van der Waals surface area contributed by atoms with Gasteiger partial charge in [0.2, 0.25) is 0 Å². The zero-order valence-corrected chi connectivity index (χ0v) is 10.3. The van der Waals surface area contributed by atoms with Crippen LogP contribution in [0.1, 0.15) is 22.2 Å². The second-order valence-corrected chi connectivity index (χ2v) is 3.75. The van der Waals surface area contributed by atoms with Crippen LogP contribution >= 0.6 is 0 Å². The van der Waals surface area contributed by atoms with Crippen molar-refractivity contribution in [3.8, 4) is 0 Å². The van der Waals surface area contributed by atoms with Gasteiger partial charge in [-0.05, 0) is 24.3 Å². The Bertz CT molecular complexity index is 485. The molecule has 1 saturated heterocycles. The fourth-order valence-corrected chi connectivity index (χ4v) is 1.51. The van der Waals surface area contributed by atoms with Gasteiger partial charge in [0.25, 0.3) is 0 Å². The molecular formula is C14H14N2O3. The number of carbonyl (C=O) groups excluding carboxylic acids is 1. The van der Waals surface area contributed by atoms with Crippen molar-refractivity contribution in [2.75, 3.05) is 13.2 Å². The van der Waals surface area contributed by atoms with E-state index >= 15 is 0 Å². The predicted octanol–water partition coefficient (Wildman–Crippen LogP) is 2.02. The van der Waals surface area contributed by atoms with Crippen molar-refractivity contribution in [1.82, 2.24) is 9.97 Å². The minimum Gasteiger partial charge on any atom is -0.346 e. The Morgan fingerprint density at radius 1 is 0.947 bits per heavy atom. The number of aldehydes is 1. The highest BCUT2D eigenvalue weighted by Crippen LogP contribution is 2.21. The molecule has 0 saturated carbocycles. The number of hydrogen-bond acceptors (Lipinski definition) is 5. The van der Waals surface area contributed by atoms with Crippen molar-refractivity contribution >= 4 is 6.29 Å². The summed E-state index contributed by atoms with van der Waals surface area (Å²) >= 11 is 0. The lowest BCUT2D eigenvalue weighted by Gasteiger charge is -2.07. The van der Waals surface area contributed by atoms with Crippen LogP contribution in [0.25, 0.3) is 0 Å². The van der Waals surface area contributed by atoms with Crippen molar-refractivity contribution in [3.63, 3.8) is 0 Å². The number of aromatic nitrogens is 2. The molecule has 98 valence electrons. The Balaban J connectivity index is 0.000000148. The van der Waals surface area contributed by atoms with Gasteiger partial charge in [-0.25, -0.2) is 0 Å². The van der Waals surface area contributed by atoms with Crippen LogP contribution in [0.5, 0.6) is 0 Å². The molecule has 2 aromatic heterocycles. The Hall–Kier alpha value is -2.11. The Morgan fingerprint density at radius 2 is 1.47 bits per heavy atom. The number of rotatable bonds is 2. The highest BCUT2D eigenvalue weighted by molar-refractivity contribution is 5.73. The molecule has 0 atom stereocenters. The van der Waals surface area contributed by atoms with Gasteiger partial charge >= 0.3 is 0 Å². The molecule has 2 aromatic rings. The van der Waals surface area contributed by atoms with Crippen LogP contribution in [0.4, 0.5) is 0 Å². The van der Waals surface area contributed by atoms with E-state index in [2.05, 4.69) is 9.97 Å². The van der Waals surface area contributed by atoms with Gasteiger partial charge in [0.15, 0.2) is 6.29 Å². The largest absolute Gasteiger partial charge is 0.346 e. The maximum atomic E-state index is 9.98. The lowest BCUT2D eigenvalue weighted by atomic mass is 10.3. The summed E-state index contributed by atoms with van der Waals surface area (Å²) in [7, 11) is 0. The summed E-state index contributed by atoms with van der Waals surface area (Å²) in [5, 5.41) is 0. The molecule has 1 aliphatic heterocycles. The molecule has 0 radical (unpaired) electrons. The Morgan fingerprint density at radius 3 is 1.95 bits per heavy atom. The highest BCUT2D eigenvalue weighted by atomic mass is 16.7. The first kappa shape index (κ1) is 13.3. The van der Waals surface area contributed by atoms with Crippen LogP contribution in [0.3, 0.4) is 0 Å². The van der Waals surface area contributed by atoms with E-state index in [-0.39, 0.29) is 6.29 Å². The molecule has 19 heavy (non-hydrogen) atoms. The number of hydrogen-bond donors (Lipinski definition) is 0. The third-order valence-electron chi connectivity index (χ3n) is 2.44. The topological polar surface area (TPSA) is 61.3 Å². The predicted molar refractivity (Wildman–Crippen MR) is 68.5 cm³/mol. The number of pyridine rings is 2. The van der Waals surface area contributed by atoms with Crippen molar-refractivity contribution in [2.45, 2.75) is 6.29 Å². The van der Waals surface area contributed by atoms with Crippen LogP contribution in [0.15, 0.2) is 49.1 Å².